The second kappa shape index (κ2) is 6.73. The summed E-state index contributed by atoms with van der Waals surface area (Å²) in [6, 6.07) is 1.99. The van der Waals surface area contributed by atoms with Crippen LogP contribution >= 0.6 is 0 Å². The minimum atomic E-state index is -0.271. The fourth-order valence-electron chi connectivity index (χ4n) is 2.92. The molecule has 1 aliphatic rings. The van der Waals surface area contributed by atoms with Gasteiger partial charge >= 0.3 is 0 Å². The van der Waals surface area contributed by atoms with Gasteiger partial charge < -0.3 is 10.3 Å². The Bertz CT molecular complexity index is 528. The van der Waals surface area contributed by atoms with Gasteiger partial charge in [0.2, 0.25) is 0 Å². The van der Waals surface area contributed by atoms with Gasteiger partial charge in [0, 0.05) is 11.7 Å². The third-order valence-electron chi connectivity index (χ3n) is 4.13. The molecular weight excluding hydrogens is 252 g/mol. The zero-order chi connectivity index (χ0) is 14.5. The van der Waals surface area contributed by atoms with Gasteiger partial charge in [-0.15, -0.1) is 0 Å². The molecule has 0 radical (unpaired) electrons. The fourth-order valence-corrected chi connectivity index (χ4v) is 2.92. The van der Waals surface area contributed by atoms with Gasteiger partial charge in [0.25, 0.3) is 11.5 Å². The van der Waals surface area contributed by atoms with Gasteiger partial charge in [-0.25, -0.2) is 0 Å². The number of nitrogens with one attached hydrogen (secondary N) is 2. The zero-order valence-corrected chi connectivity index (χ0v) is 12.4. The number of aromatic amines is 1. The van der Waals surface area contributed by atoms with E-state index >= 15 is 0 Å². The lowest BCUT2D eigenvalue weighted by Gasteiger charge is -2.22. The molecule has 20 heavy (non-hydrogen) atoms. The molecular formula is C16H24N2O2. The Morgan fingerprint density at radius 2 is 1.95 bits per heavy atom. The Kier molecular flexibility index (Phi) is 4.99. The number of H-pyrrole nitrogens is 1. The van der Waals surface area contributed by atoms with Gasteiger partial charge in [-0.3, -0.25) is 9.59 Å². The van der Waals surface area contributed by atoms with Crippen LogP contribution in [0.4, 0.5) is 0 Å². The predicted molar refractivity (Wildman–Crippen MR) is 80.2 cm³/mol. The van der Waals surface area contributed by atoms with E-state index in [-0.39, 0.29) is 23.1 Å². The predicted octanol–water partition coefficient (Wildman–Crippen LogP) is 2.56. The van der Waals surface area contributed by atoms with E-state index in [1.165, 1.54) is 6.42 Å². The SMILES string of the molecule is CCc1cc(C(=O)NC2CCCCC2)c(=O)[nH]c1CC. The minimum Gasteiger partial charge on any atom is -0.349 e. The summed E-state index contributed by atoms with van der Waals surface area (Å²) in [5.41, 5.74) is 1.98. The Hall–Kier alpha value is -1.58. The number of aromatic nitrogens is 1. The molecule has 0 aliphatic heterocycles. The molecule has 1 fully saturated rings. The van der Waals surface area contributed by atoms with Crippen LogP contribution in [0.3, 0.4) is 0 Å². The molecule has 110 valence electrons. The monoisotopic (exact) mass is 276 g/mol. The van der Waals surface area contributed by atoms with Crippen LogP contribution in [0.5, 0.6) is 0 Å². The highest BCUT2D eigenvalue weighted by atomic mass is 16.2. The fraction of sp³-hybridized carbons (Fsp3) is 0.625. The first-order valence-corrected chi connectivity index (χ1v) is 7.71. The molecule has 0 aromatic carbocycles. The van der Waals surface area contributed by atoms with Gasteiger partial charge in [-0.1, -0.05) is 33.1 Å². The third-order valence-corrected chi connectivity index (χ3v) is 4.13. The van der Waals surface area contributed by atoms with E-state index in [4.69, 9.17) is 0 Å². The first-order valence-electron chi connectivity index (χ1n) is 7.71. The lowest BCUT2D eigenvalue weighted by molar-refractivity contribution is 0.0926. The first kappa shape index (κ1) is 14.8. The molecule has 4 heteroatoms. The number of aryl methyl sites for hydroxylation is 2. The van der Waals surface area contributed by atoms with E-state index in [1.807, 2.05) is 13.8 Å². The van der Waals surface area contributed by atoms with E-state index in [0.717, 1.165) is 49.8 Å². The van der Waals surface area contributed by atoms with Gasteiger partial charge in [-0.2, -0.15) is 0 Å². The smallest absolute Gasteiger partial charge is 0.261 e. The quantitative estimate of drug-likeness (QED) is 0.887. The summed E-state index contributed by atoms with van der Waals surface area (Å²) in [5.74, 6) is -0.226. The molecule has 0 bridgehead atoms. The summed E-state index contributed by atoms with van der Waals surface area (Å²) < 4.78 is 0. The topological polar surface area (TPSA) is 62.0 Å². The summed E-state index contributed by atoms with van der Waals surface area (Å²) in [5, 5.41) is 3.01. The lowest BCUT2D eigenvalue weighted by atomic mass is 9.95. The molecule has 4 nitrogen and oxygen atoms in total. The van der Waals surface area contributed by atoms with Crippen molar-refractivity contribution in [2.75, 3.05) is 0 Å². The van der Waals surface area contributed by atoms with Gasteiger partial charge in [0.05, 0.1) is 0 Å². The van der Waals surface area contributed by atoms with Crippen LogP contribution in [0, 0.1) is 0 Å². The molecule has 1 aromatic rings. The van der Waals surface area contributed by atoms with Crippen LogP contribution < -0.4 is 10.9 Å². The normalized spacial score (nSPS) is 16.1. The molecule has 2 rings (SSSR count). The Balaban J connectivity index is 2.18. The summed E-state index contributed by atoms with van der Waals surface area (Å²) in [4.78, 5) is 27.2. The molecule has 0 spiro atoms. The average molecular weight is 276 g/mol. The van der Waals surface area contributed by atoms with Crippen molar-refractivity contribution in [1.29, 1.82) is 0 Å². The Labute approximate surface area is 120 Å². The first-order chi connectivity index (χ1) is 9.65. The van der Waals surface area contributed by atoms with Crippen LogP contribution in [0.25, 0.3) is 0 Å². The highest BCUT2D eigenvalue weighted by molar-refractivity contribution is 5.94. The number of carbonyl (C=O) groups excluding carboxylic acids is 1. The second-order valence-electron chi connectivity index (χ2n) is 5.53. The van der Waals surface area contributed by atoms with Crippen molar-refractivity contribution in [3.63, 3.8) is 0 Å². The summed E-state index contributed by atoms with van der Waals surface area (Å²) in [6.07, 6.45) is 7.23. The van der Waals surface area contributed by atoms with E-state index in [9.17, 15) is 9.59 Å². The summed E-state index contributed by atoms with van der Waals surface area (Å²) >= 11 is 0. The number of carbonyl (C=O) groups is 1. The van der Waals surface area contributed by atoms with E-state index in [2.05, 4.69) is 10.3 Å². The molecule has 1 amide bonds. The molecule has 2 N–H and O–H groups in total. The summed E-state index contributed by atoms with van der Waals surface area (Å²) in [6.45, 7) is 4.04. The van der Waals surface area contributed by atoms with Gasteiger partial charge in [0.1, 0.15) is 5.56 Å². The summed E-state index contributed by atoms with van der Waals surface area (Å²) in [7, 11) is 0. The maximum Gasteiger partial charge on any atom is 0.261 e. The molecule has 1 aromatic heterocycles. The molecule has 0 saturated heterocycles. The standard InChI is InChI=1S/C16H24N2O2/c1-3-11-10-13(16(20)18-14(11)4-2)15(19)17-12-8-6-5-7-9-12/h10,12H,3-9H2,1-2H3,(H,17,19)(H,18,20). The van der Waals surface area contributed by atoms with E-state index in [0.29, 0.717) is 0 Å². The van der Waals surface area contributed by atoms with Crippen molar-refractivity contribution in [1.82, 2.24) is 10.3 Å². The maximum absolute atomic E-state index is 12.3. The average Bonchev–Trinajstić information content (AvgIpc) is 2.47. The molecule has 1 aliphatic carbocycles. The molecule has 0 unspecified atom stereocenters. The number of hydrogen-bond donors (Lipinski definition) is 2. The largest absolute Gasteiger partial charge is 0.349 e. The van der Waals surface area contributed by atoms with Crippen LogP contribution in [0.15, 0.2) is 10.9 Å². The highest BCUT2D eigenvalue weighted by Gasteiger charge is 2.19. The number of amides is 1. The zero-order valence-electron chi connectivity index (χ0n) is 12.4. The molecule has 0 atom stereocenters. The van der Waals surface area contributed by atoms with E-state index < -0.39 is 0 Å². The van der Waals surface area contributed by atoms with Crippen molar-refractivity contribution in [2.45, 2.75) is 64.8 Å². The lowest BCUT2D eigenvalue weighted by Crippen LogP contribution is -2.39. The van der Waals surface area contributed by atoms with Crippen LogP contribution in [0.2, 0.25) is 0 Å². The van der Waals surface area contributed by atoms with E-state index in [1.54, 1.807) is 6.07 Å². The van der Waals surface area contributed by atoms with Crippen molar-refractivity contribution in [2.24, 2.45) is 0 Å². The Morgan fingerprint density at radius 3 is 2.55 bits per heavy atom. The van der Waals surface area contributed by atoms with Crippen LogP contribution in [-0.4, -0.2) is 16.9 Å². The van der Waals surface area contributed by atoms with Gasteiger partial charge in [0.15, 0.2) is 0 Å². The molecule has 1 heterocycles. The number of rotatable bonds is 4. The number of hydrogen-bond acceptors (Lipinski definition) is 2. The van der Waals surface area contributed by atoms with Crippen LogP contribution in [0.1, 0.15) is 67.6 Å². The highest BCUT2D eigenvalue weighted by Crippen LogP contribution is 2.17. The van der Waals surface area contributed by atoms with Crippen molar-refractivity contribution >= 4 is 5.91 Å². The third kappa shape index (κ3) is 3.30. The minimum absolute atomic E-state index is 0.226. The Morgan fingerprint density at radius 1 is 1.25 bits per heavy atom. The van der Waals surface area contributed by atoms with Crippen molar-refractivity contribution < 1.29 is 4.79 Å². The van der Waals surface area contributed by atoms with Crippen LogP contribution in [-0.2, 0) is 12.8 Å². The number of pyridine rings is 1. The second-order valence-corrected chi connectivity index (χ2v) is 5.53. The maximum atomic E-state index is 12.3. The van der Waals surface area contributed by atoms with Crippen molar-refractivity contribution in [3.8, 4) is 0 Å². The molecule has 1 saturated carbocycles. The van der Waals surface area contributed by atoms with Gasteiger partial charge in [-0.05, 0) is 37.3 Å². The van der Waals surface area contributed by atoms with Crippen molar-refractivity contribution in [3.05, 3.63) is 33.2 Å².